The molecule has 0 aromatic rings. The van der Waals surface area contributed by atoms with Crippen molar-refractivity contribution in [2.75, 3.05) is 19.7 Å². The van der Waals surface area contributed by atoms with Gasteiger partial charge in [-0.25, -0.2) is 0 Å². The van der Waals surface area contributed by atoms with Crippen LogP contribution in [0.4, 0.5) is 0 Å². The molecule has 1 atom stereocenters. The van der Waals surface area contributed by atoms with Gasteiger partial charge in [0.2, 0.25) is 0 Å². The highest BCUT2D eigenvalue weighted by Gasteiger charge is 2.33. The first-order chi connectivity index (χ1) is 8.12. The fraction of sp³-hybridized carbons (Fsp3) is 0.929. The van der Waals surface area contributed by atoms with E-state index >= 15 is 0 Å². The molecular weight excluding hydrogens is 214 g/mol. The average Bonchev–Trinajstić information content (AvgIpc) is 2.37. The highest BCUT2D eigenvalue weighted by molar-refractivity contribution is 5.76. The molecule has 1 rings (SSSR count). The van der Waals surface area contributed by atoms with Crippen LogP contribution in [0.2, 0.25) is 0 Å². The highest BCUT2D eigenvalue weighted by atomic mass is 16.5. The summed E-state index contributed by atoms with van der Waals surface area (Å²) in [7, 11) is 0. The number of hydrogen-bond acceptors (Lipinski definition) is 3. The number of ether oxygens (including phenoxy) is 1. The zero-order chi connectivity index (χ0) is 12.7. The van der Waals surface area contributed by atoms with Crippen molar-refractivity contribution in [1.82, 2.24) is 5.32 Å². The predicted octanol–water partition coefficient (Wildman–Crippen LogP) is 2.75. The van der Waals surface area contributed by atoms with Gasteiger partial charge >= 0.3 is 5.97 Å². The fourth-order valence-electron chi connectivity index (χ4n) is 2.42. The highest BCUT2D eigenvalue weighted by Crippen LogP contribution is 2.32. The largest absolute Gasteiger partial charge is 0.466 e. The maximum Gasteiger partial charge on any atom is 0.311 e. The maximum absolute atomic E-state index is 11.9. The zero-order valence-electron chi connectivity index (χ0n) is 11.6. The van der Waals surface area contributed by atoms with Gasteiger partial charge in [0, 0.05) is 0 Å². The molecule has 17 heavy (non-hydrogen) atoms. The Morgan fingerprint density at radius 1 is 1.35 bits per heavy atom. The van der Waals surface area contributed by atoms with E-state index < -0.39 is 0 Å². The molecule has 0 aromatic carbocycles. The molecule has 1 N–H and O–H groups in total. The van der Waals surface area contributed by atoms with Gasteiger partial charge in [-0.2, -0.15) is 0 Å². The molecule has 0 saturated carbocycles. The molecule has 3 heteroatoms. The lowest BCUT2D eigenvalue weighted by molar-refractivity contribution is -0.155. The normalized spacial score (nSPS) is 20.9. The zero-order valence-corrected chi connectivity index (χ0v) is 11.6. The second-order valence-corrected chi connectivity index (χ2v) is 5.37. The van der Waals surface area contributed by atoms with Gasteiger partial charge in [-0.1, -0.05) is 6.92 Å². The van der Waals surface area contributed by atoms with E-state index in [1.165, 1.54) is 12.8 Å². The molecule has 1 aliphatic heterocycles. The lowest BCUT2D eigenvalue weighted by atomic mass is 9.79. The third kappa shape index (κ3) is 4.30. The molecule has 1 saturated heterocycles. The lowest BCUT2D eigenvalue weighted by Crippen LogP contribution is -2.32. The molecule has 0 aliphatic carbocycles. The molecule has 0 aromatic heterocycles. The number of nitrogens with one attached hydrogen (secondary N) is 1. The van der Waals surface area contributed by atoms with E-state index in [1.54, 1.807) is 0 Å². The van der Waals surface area contributed by atoms with Crippen LogP contribution in [0, 0.1) is 11.3 Å². The molecule has 3 nitrogen and oxygen atoms in total. The van der Waals surface area contributed by atoms with E-state index in [9.17, 15) is 4.79 Å². The molecule has 1 unspecified atom stereocenters. The van der Waals surface area contributed by atoms with E-state index in [1.807, 2.05) is 13.8 Å². The number of carbonyl (C=O) groups is 1. The van der Waals surface area contributed by atoms with Crippen molar-refractivity contribution in [3.8, 4) is 0 Å². The van der Waals surface area contributed by atoms with Crippen LogP contribution in [0.1, 0.15) is 52.9 Å². The quantitative estimate of drug-likeness (QED) is 0.727. The number of hydrogen-bond donors (Lipinski definition) is 1. The molecule has 100 valence electrons. The predicted molar refractivity (Wildman–Crippen MR) is 69.9 cm³/mol. The first kappa shape index (κ1) is 14.5. The summed E-state index contributed by atoms with van der Waals surface area (Å²) in [6, 6.07) is 0. The van der Waals surface area contributed by atoms with Gasteiger partial charge in [-0.05, 0) is 65.0 Å². The first-order valence-corrected chi connectivity index (χ1v) is 7.00. The van der Waals surface area contributed by atoms with E-state index in [0.29, 0.717) is 6.61 Å². The Bertz CT molecular complexity index is 236. The van der Waals surface area contributed by atoms with Crippen molar-refractivity contribution in [3.05, 3.63) is 0 Å². The van der Waals surface area contributed by atoms with E-state index in [-0.39, 0.29) is 11.4 Å². The minimum Gasteiger partial charge on any atom is -0.466 e. The van der Waals surface area contributed by atoms with Gasteiger partial charge < -0.3 is 10.1 Å². The van der Waals surface area contributed by atoms with E-state index in [0.717, 1.165) is 38.3 Å². The maximum atomic E-state index is 11.9. The smallest absolute Gasteiger partial charge is 0.311 e. The molecule has 1 aliphatic rings. The van der Waals surface area contributed by atoms with Gasteiger partial charge in [-0.3, -0.25) is 4.79 Å². The topological polar surface area (TPSA) is 38.3 Å². The van der Waals surface area contributed by atoms with Crippen LogP contribution in [0.3, 0.4) is 0 Å². The Hall–Kier alpha value is -0.570. The second kappa shape index (κ2) is 7.00. The summed E-state index contributed by atoms with van der Waals surface area (Å²) >= 11 is 0. The average molecular weight is 241 g/mol. The molecule has 0 bridgehead atoms. The van der Waals surface area contributed by atoms with Gasteiger partial charge in [0.1, 0.15) is 0 Å². The summed E-state index contributed by atoms with van der Waals surface area (Å²) < 4.78 is 5.19. The van der Waals surface area contributed by atoms with Crippen molar-refractivity contribution < 1.29 is 9.53 Å². The molecule has 0 radical (unpaired) electrons. The minimum atomic E-state index is -0.277. The second-order valence-electron chi connectivity index (χ2n) is 5.37. The van der Waals surface area contributed by atoms with Crippen molar-refractivity contribution >= 4 is 5.97 Å². The van der Waals surface area contributed by atoms with Gasteiger partial charge in [0.25, 0.3) is 0 Å². The summed E-state index contributed by atoms with van der Waals surface area (Å²) in [5.74, 6) is 0.771. The molecule has 0 spiro atoms. The Morgan fingerprint density at radius 2 is 2.00 bits per heavy atom. The molecule has 1 heterocycles. The SMILES string of the molecule is CCOC(=O)C(C)(CC)CCC1CCNCC1. The van der Waals surface area contributed by atoms with Crippen LogP contribution in [0.25, 0.3) is 0 Å². The Morgan fingerprint density at radius 3 is 2.53 bits per heavy atom. The van der Waals surface area contributed by atoms with Gasteiger partial charge in [-0.15, -0.1) is 0 Å². The number of piperidine rings is 1. The summed E-state index contributed by atoms with van der Waals surface area (Å²) in [4.78, 5) is 11.9. The monoisotopic (exact) mass is 241 g/mol. The number of esters is 1. The first-order valence-electron chi connectivity index (χ1n) is 7.00. The van der Waals surface area contributed by atoms with Crippen LogP contribution in [0.15, 0.2) is 0 Å². The third-order valence-electron chi connectivity index (χ3n) is 4.11. The summed E-state index contributed by atoms with van der Waals surface area (Å²) in [5, 5.41) is 3.38. The van der Waals surface area contributed by atoms with Gasteiger partial charge in [0.15, 0.2) is 0 Å². The Kier molecular flexibility index (Phi) is 5.96. The van der Waals surface area contributed by atoms with Gasteiger partial charge in [0.05, 0.1) is 12.0 Å². The summed E-state index contributed by atoms with van der Waals surface area (Å²) in [5.41, 5.74) is -0.277. The molecule has 1 fully saturated rings. The summed E-state index contributed by atoms with van der Waals surface area (Å²) in [6.45, 7) is 8.76. The van der Waals surface area contributed by atoms with E-state index in [2.05, 4.69) is 12.2 Å². The summed E-state index contributed by atoms with van der Waals surface area (Å²) in [6.07, 6.45) is 5.50. The number of carbonyl (C=O) groups excluding carboxylic acids is 1. The standard InChI is InChI=1S/C14H27NO2/c1-4-14(3,13(16)17-5-2)9-6-12-7-10-15-11-8-12/h12,15H,4-11H2,1-3H3. The van der Waals surface area contributed by atoms with Crippen LogP contribution in [-0.4, -0.2) is 25.7 Å². The minimum absolute atomic E-state index is 0.0172. The Balaban J connectivity index is 2.41. The van der Waals surface area contributed by atoms with Crippen LogP contribution in [0.5, 0.6) is 0 Å². The van der Waals surface area contributed by atoms with Crippen molar-refractivity contribution in [1.29, 1.82) is 0 Å². The van der Waals surface area contributed by atoms with Crippen LogP contribution < -0.4 is 5.32 Å². The number of rotatable bonds is 6. The van der Waals surface area contributed by atoms with Crippen molar-refractivity contribution in [2.45, 2.75) is 52.9 Å². The lowest BCUT2D eigenvalue weighted by Gasteiger charge is -2.29. The fourth-order valence-corrected chi connectivity index (χ4v) is 2.42. The van der Waals surface area contributed by atoms with Crippen molar-refractivity contribution in [3.63, 3.8) is 0 Å². The Labute approximate surface area is 105 Å². The third-order valence-corrected chi connectivity index (χ3v) is 4.11. The van der Waals surface area contributed by atoms with Crippen LogP contribution >= 0.6 is 0 Å². The van der Waals surface area contributed by atoms with E-state index in [4.69, 9.17) is 4.74 Å². The van der Waals surface area contributed by atoms with Crippen molar-refractivity contribution in [2.24, 2.45) is 11.3 Å². The van der Waals surface area contributed by atoms with Crippen LogP contribution in [-0.2, 0) is 9.53 Å². The molecular formula is C14H27NO2. The molecule has 0 amide bonds.